The summed E-state index contributed by atoms with van der Waals surface area (Å²) in [6.07, 6.45) is 1.49. The molecule has 1 fully saturated rings. The van der Waals surface area contributed by atoms with Crippen LogP contribution in [0, 0.1) is 0 Å². The summed E-state index contributed by atoms with van der Waals surface area (Å²) in [5.74, 6) is -2.30. The zero-order valence-electron chi connectivity index (χ0n) is 12.6. The topological polar surface area (TPSA) is 99.7 Å². The van der Waals surface area contributed by atoms with Crippen molar-refractivity contribution >= 4 is 56.8 Å². The van der Waals surface area contributed by atoms with E-state index in [2.05, 4.69) is 26.2 Å². The third-order valence-electron chi connectivity index (χ3n) is 3.33. The van der Waals surface area contributed by atoms with Gasteiger partial charge in [0.2, 0.25) is 5.91 Å². The Balaban J connectivity index is 1.66. The van der Waals surface area contributed by atoms with Crippen LogP contribution in [0.4, 0.5) is 10.6 Å². The lowest BCUT2D eigenvalue weighted by molar-refractivity contribution is -0.143. The van der Waals surface area contributed by atoms with Crippen LogP contribution in [0.3, 0.4) is 0 Å². The molecule has 3 heterocycles. The summed E-state index contributed by atoms with van der Waals surface area (Å²) in [4.78, 5) is 54.5. The van der Waals surface area contributed by atoms with Crippen molar-refractivity contribution < 1.29 is 19.2 Å². The third-order valence-corrected chi connectivity index (χ3v) is 4.66. The van der Waals surface area contributed by atoms with Crippen LogP contribution in [0.25, 0.3) is 0 Å². The maximum atomic E-state index is 12.3. The van der Waals surface area contributed by atoms with E-state index in [4.69, 9.17) is 0 Å². The first-order chi connectivity index (χ1) is 12.0. The predicted octanol–water partition coefficient (Wildman–Crippen LogP) is 1.84. The molecule has 25 heavy (non-hydrogen) atoms. The Morgan fingerprint density at radius 1 is 1.16 bits per heavy atom. The molecule has 0 aromatic carbocycles. The fourth-order valence-corrected chi connectivity index (χ4v) is 3.09. The van der Waals surface area contributed by atoms with E-state index < -0.39 is 30.3 Å². The van der Waals surface area contributed by atoms with Crippen LogP contribution in [-0.4, -0.2) is 45.1 Å². The summed E-state index contributed by atoms with van der Waals surface area (Å²) in [5, 5.41) is 4.27. The Hall–Kier alpha value is -2.59. The molecule has 0 unspecified atom stereocenters. The molecular weight excluding hydrogens is 412 g/mol. The van der Waals surface area contributed by atoms with Gasteiger partial charge >= 0.3 is 17.8 Å². The Labute approximate surface area is 154 Å². The number of urea groups is 1. The molecule has 0 radical (unpaired) electrons. The van der Waals surface area contributed by atoms with E-state index in [-0.39, 0.29) is 12.4 Å². The summed E-state index contributed by atoms with van der Waals surface area (Å²) < 4.78 is 0.741. The van der Waals surface area contributed by atoms with Gasteiger partial charge in [-0.15, -0.1) is 11.3 Å². The molecule has 1 N–H and O–H groups in total. The SMILES string of the molecule is O=C(CN1C(=O)C(=O)N(Cc2cccs2)C1=O)Nc1ccc(Br)cn1. The number of nitrogens with zero attached hydrogens (tertiary/aromatic N) is 3. The quantitative estimate of drug-likeness (QED) is 0.585. The van der Waals surface area contributed by atoms with Crippen molar-refractivity contribution in [2.45, 2.75) is 6.54 Å². The fourth-order valence-electron chi connectivity index (χ4n) is 2.16. The number of carbonyl (C=O) groups is 4. The van der Waals surface area contributed by atoms with Crippen molar-refractivity contribution in [3.63, 3.8) is 0 Å². The molecular formula is C15H11BrN4O4S. The van der Waals surface area contributed by atoms with Gasteiger partial charge in [0.1, 0.15) is 12.4 Å². The largest absolute Gasteiger partial charge is 0.335 e. The molecule has 8 nitrogen and oxygen atoms in total. The highest BCUT2D eigenvalue weighted by Gasteiger charge is 2.45. The number of hydrogen-bond donors (Lipinski definition) is 1. The predicted molar refractivity (Wildman–Crippen MR) is 92.5 cm³/mol. The first-order valence-electron chi connectivity index (χ1n) is 7.07. The lowest BCUT2D eigenvalue weighted by Gasteiger charge is -2.14. The van der Waals surface area contributed by atoms with E-state index in [1.54, 1.807) is 29.6 Å². The zero-order valence-corrected chi connectivity index (χ0v) is 15.0. The fraction of sp³-hybridized carbons (Fsp3) is 0.133. The van der Waals surface area contributed by atoms with Gasteiger partial charge in [-0.25, -0.2) is 14.7 Å². The van der Waals surface area contributed by atoms with Gasteiger partial charge in [-0.05, 0) is 39.5 Å². The van der Waals surface area contributed by atoms with Crippen molar-refractivity contribution in [2.75, 3.05) is 11.9 Å². The summed E-state index contributed by atoms with van der Waals surface area (Å²) in [5.41, 5.74) is 0. The highest BCUT2D eigenvalue weighted by Crippen LogP contribution is 2.19. The van der Waals surface area contributed by atoms with Gasteiger partial charge in [-0.1, -0.05) is 6.07 Å². The second kappa shape index (κ2) is 7.11. The van der Waals surface area contributed by atoms with Crippen molar-refractivity contribution in [3.05, 3.63) is 45.2 Å². The van der Waals surface area contributed by atoms with Crippen molar-refractivity contribution in [1.82, 2.24) is 14.8 Å². The van der Waals surface area contributed by atoms with E-state index in [9.17, 15) is 19.2 Å². The molecule has 3 rings (SSSR count). The number of pyridine rings is 1. The van der Waals surface area contributed by atoms with Crippen LogP contribution < -0.4 is 5.32 Å². The molecule has 0 spiro atoms. The van der Waals surface area contributed by atoms with E-state index in [1.807, 2.05) is 0 Å². The number of hydrogen-bond acceptors (Lipinski definition) is 6. The summed E-state index contributed by atoms with van der Waals surface area (Å²) in [6.45, 7) is -0.546. The first kappa shape index (κ1) is 17.2. The number of halogens is 1. The number of imide groups is 2. The third kappa shape index (κ3) is 3.74. The number of amides is 5. The van der Waals surface area contributed by atoms with Gasteiger partial charge in [-0.2, -0.15) is 0 Å². The maximum Gasteiger partial charge on any atom is 0.335 e. The van der Waals surface area contributed by atoms with Crippen LogP contribution in [0.15, 0.2) is 40.3 Å². The second-order valence-corrected chi connectivity index (χ2v) is 7.00. The van der Waals surface area contributed by atoms with Crippen molar-refractivity contribution in [3.8, 4) is 0 Å². The van der Waals surface area contributed by atoms with Crippen LogP contribution in [0.1, 0.15) is 4.88 Å². The van der Waals surface area contributed by atoms with Gasteiger partial charge in [0.05, 0.1) is 6.54 Å². The smallest absolute Gasteiger partial charge is 0.309 e. The average molecular weight is 423 g/mol. The zero-order chi connectivity index (χ0) is 18.0. The number of aromatic nitrogens is 1. The minimum absolute atomic E-state index is 0.00740. The molecule has 0 atom stereocenters. The lowest BCUT2D eigenvalue weighted by atomic mass is 10.4. The van der Waals surface area contributed by atoms with Gasteiger partial charge in [0, 0.05) is 15.5 Å². The molecule has 0 aliphatic carbocycles. The number of rotatable bonds is 5. The maximum absolute atomic E-state index is 12.3. The van der Waals surface area contributed by atoms with E-state index in [1.165, 1.54) is 17.5 Å². The molecule has 5 amide bonds. The van der Waals surface area contributed by atoms with Crippen LogP contribution in [-0.2, 0) is 20.9 Å². The Bertz CT molecular complexity index is 838. The lowest BCUT2D eigenvalue weighted by Crippen LogP contribution is -2.38. The average Bonchev–Trinajstić information content (AvgIpc) is 3.16. The van der Waals surface area contributed by atoms with Crippen LogP contribution >= 0.6 is 27.3 Å². The first-order valence-corrected chi connectivity index (χ1v) is 8.74. The van der Waals surface area contributed by atoms with Gasteiger partial charge in [0.25, 0.3) is 0 Å². The molecule has 10 heteroatoms. The number of nitrogens with one attached hydrogen (secondary N) is 1. The van der Waals surface area contributed by atoms with Crippen molar-refractivity contribution in [2.24, 2.45) is 0 Å². The van der Waals surface area contributed by atoms with Gasteiger partial charge in [-0.3, -0.25) is 19.3 Å². The molecule has 1 aliphatic rings. The number of thiophene rings is 1. The molecule has 128 valence electrons. The Morgan fingerprint density at radius 2 is 1.92 bits per heavy atom. The van der Waals surface area contributed by atoms with Crippen LogP contribution in [0.5, 0.6) is 0 Å². The van der Waals surface area contributed by atoms with E-state index in [0.29, 0.717) is 4.90 Å². The number of carbonyl (C=O) groups excluding carboxylic acids is 4. The molecule has 2 aromatic rings. The second-order valence-electron chi connectivity index (χ2n) is 5.05. The molecule has 1 aliphatic heterocycles. The molecule has 0 bridgehead atoms. The minimum atomic E-state index is -1.01. The molecule has 0 saturated carbocycles. The monoisotopic (exact) mass is 422 g/mol. The Morgan fingerprint density at radius 3 is 2.56 bits per heavy atom. The summed E-state index contributed by atoms with van der Waals surface area (Å²) >= 11 is 4.59. The number of anilines is 1. The van der Waals surface area contributed by atoms with Crippen LogP contribution in [0.2, 0.25) is 0 Å². The normalized spacial score (nSPS) is 14.4. The van der Waals surface area contributed by atoms with E-state index in [0.717, 1.165) is 14.2 Å². The standard InChI is InChI=1S/C15H11BrN4O4S/c16-9-3-4-11(17-6-9)18-12(21)8-20-14(23)13(22)19(15(20)24)7-10-2-1-5-25-10/h1-6H,7-8H2,(H,17,18,21). The Kier molecular flexibility index (Phi) is 4.91. The van der Waals surface area contributed by atoms with Gasteiger partial charge < -0.3 is 5.32 Å². The van der Waals surface area contributed by atoms with E-state index >= 15 is 0 Å². The van der Waals surface area contributed by atoms with Crippen molar-refractivity contribution in [1.29, 1.82) is 0 Å². The summed E-state index contributed by atoms with van der Waals surface area (Å²) in [7, 11) is 0. The minimum Gasteiger partial charge on any atom is -0.309 e. The summed E-state index contributed by atoms with van der Waals surface area (Å²) in [6, 6.07) is 5.97. The highest BCUT2D eigenvalue weighted by molar-refractivity contribution is 9.10. The van der Waals surface area contributed by atoms with Gasteiger partial charge in [0.15, 0.2) is 0 Å². The molecule has 2 aromatic heterocycles. The molecule has 1 saturated heterocycles. The highest BCUT2D eigenvalue weighted by atomic mass is 79.9.